The van der Waals surface area contributed by atoms with Gasteiger partial charge < -0.3 is 15.2 Å². The monoisotopic (exact) mass is 346 g/mol. The van der Waals surface area contributed by atoms with Crippen molar-refractivity contribution in [1.29, 1.82) is 0 Å². The van der Waals surface area contributed by atoms with Crippen LogP contribution < -0.4 is 10.6 Å². The van der Waals surface area contributed by atoms with Crippen LogP contribution in [-0.2, 0) is 13.0 Å². The number of halogens is 2. The molecule has 0 radical (unpaired) electrons. The van der Waals surface area contributed by atoms with E-state index in [9.17, 15) is 8.78 Å². The molecule has 2 aromatic rings. The molecule has 0 saturated carbocycles. The number of nitrogens with one attached hydrogen (secondary N) is 2. The third-order valence-electron chi connectivity index (χ3n) is 5.51. The first kappa shape index (κ1) is 16.7. The van der Waals surface area contributed by atoms with E-state index in [1.54, 1.807) is 0 Å². The molecule has 3 heterocycles. The van der Waals surface area contributed by atoms with Crippen LogP contribution in [0.1, 0.15) is 26.1 Å². The van der Waals surface area contributed by atoms with Gasteiger partial charge in [0.25, 0.3) is 0 Å². The molecular weight excluding hydrogens is 322 g/mol. The van der Waals surface area contributed by atoms with E-state index >= 15 is 0 Å². The Morgan fingerprint density at radius 2 is 2.16 bits per heavy atom. The lowest BCUT2D eigenvalue weighted by Gasteiger charge is -2.33. The molecule has 1 aromatic carbocycles. The van der Waals surface area contributed by atoms with Crippen LogP contribution in [0.5, 0.6) is 0 Å². The number of rotatable bonds is 3. The molecule has 2 N–H and O–H groups in total. The third kappa shape index (κ3) is 3.20. The predicted molar refractivity (Wildman–Crippen MR) is 93.3 cm³/mol. The number of imidazole rings is 1. The van der Waals surface area contributed by atoms with Crippen LogP contribution in [0.15, 0.2) is 24.4 Å². The van der Waals surface area contributed by atoms with E-state index in [0.29, 0.717) is 23.3 Å². The van der Waals surface area contributed by atoms with Gasteiger partial charge in [-0.05, 0) is 24.0 Å². The summed E-state index contributed by atoms with van der Waals surface area (Å²) in [6.07, 6.45) is 3.77. The normalized spacial score (nSPS) is 25.1. The summed E-state index contributed by atoms with van der Waals surface area (Å²) in [5, 5.41) is 7.24. The van der Waals surface area contributed by atoms with Gasteiger partial charge in [0.2, 0.25) is 0 Å². The molecule has 6 heteroatoms. The zero-order valence-electron chi connectivity index (χ0n) is 14.6. The molecule has 25 heavy (non-hydrogen) atoms. The Morgan fingerprint density at radius 3 is 2.88 bits per heavy atom. The van der Waals surface area contributed by atoms with Gasteiger partial charge in [-0.25, -0.2) is 13.8 Å². The summed E-state index contributed by atoms with van der Waals surface area (Å²) in [4.78, 5) is 4.57. The predicted octanol–water partition coefficient (Wildman–Crippen LogP) is 2.73. The first-order valence-electron chi connectivity index (χ1n) is 8.90. The minimum atomic E-state index is -0.567. The van der Waals surface area contributed by atoms with E-state index < -0.39 is 11.6 Å². The van der Waals surface area contributed by atoms with Crippen LogP contribution in [0, 0.1) is 17.0 Å². The highest BCUT2D eigenvalue weighted by atomic mass is 19.1. The summed E-state index contributed by atoms with van der Waals surface area (Å²) in [7, 11) is 0. The number of aryl methyl sites for hydroxylation is 1. The largest absolute Gasteiger partial charge is 0.333 e. The second-order valence-corrected chi connectivity index (χ2v) is 7.89. The number of hydrogen-bond donors (Lipinski definition) is 2. The van der Waals surface area contributed by atoms with Crippen molar-refractivity contribution < 1.29 is 8.78 Å². The van der Waals surface area contributed by atoms with Crippen LogP contribution in [0.4, 0.5) is 8.78 Å². The van der Waals surface area contributed by atoms with Gasteiger partial charge in [-0.15, -0.1) is 0 Å². The second kappa shape index (κ2) is 6.18. The van der Waals surface area contributed by atoms with E-state index in [2.05, 4.69) is 34.0 Å². The summed E-state index contributed by atoms with van der Waals surface area (Å²) >= 11 is 0. The Hall–Kier alpha value is -1.79. The van der Waals surface area contributed by atoms with E-state index in [-0.39, 0.29) is 5.41 Å². The van der Waals surface area contributed by atoms with Gasteiger partial charge in [0, 0.05) is 56.0 Å². The van der Waals surface area contributed by atoms with Gasteiger partial charge in [-0.3, -0.25) is 0 Å². The smallest absolute Gasteiger partial charge is 0.135 e. The highest BCUT2D eigenvalue weighted by molar-refractivity contribution is 5.59. The fourth-order valence-corrected chi connectivity index (χ4v) is 3.91. The van der Waals surface area contributed by atoms with Gasteiger partial charge in [-0.1, -0.05) is 13.8 Å². The maximum Gasteiger partial charge on any atom is 0.135 e. The van der Waals surface area contributed by atoms with Crippen molar-refractivity contribution in [2.45, 2.75) is 45.3 Å². The molecule has 0 spiro atoms. The van der Waals surface area contributed by atoms with Gasteiger partial charge >= 0.3 is 0 Å². The van der Waals surface area contributed by atoms with Gasteiger partial charge in [0.15, 0.2) is 0 Å². The molecule has 1 fully saturated rings. The molecular formula is C19H24F2N4. The summed E-state index contributed by atoms with van der Waals surface area (Å²) in [6, 6.07) is 4.48. The van der Waals surface area contributed by atoms with Crippen molar-refractivity contribution >= 4 is 0 Å². The Balaban J connectivity index is 1.51. The molecule has 2 atom stereocenters. The molecule has 0 bridgehead atoms. The van der Waals surface area contributed by atoms with Gasteiger partial charge in [0.1, 0.15) is 17.5 Å². The van der Waals surface area contributed by atoms with Crippen LogP contribution >= 0.6 is 0 Å². The highest BCUT2D eigenvalue weighted by Gasteiger charge is 2.36. The fraction of sp³-hybridized carbons (Fsp3) is 0.526. The SMILES string of the molecule is CC1(C)CNCC1NC1CCc2nc(-c3ccc(F)cc3F)cn2C1. The summed E-state index contributed by atoms with van der Waals surface area (Å²) in [5.41, 5.74) is 1.18. The zero-order valence-corrected chi connectivity index (χ0v) is 14.6. The average Bonchev–Trinajstić information content (AvgIpc) is 3.10. The molecule has 0 amide bonds. The topological polar surface area (TPSA) is 41.9 Å². The minimum Gasteiger partial charge on any atom is -0.333 e. The maximum absolute atomic E-state index is 14.0. The van der Waals surface area contributed by atoms with E-state index in [0.717, 1.165) is 44.4 Å². The highest BCUT2D eigenvalue weighted by Crippen LogP contribution is 2.28. The van der Waals surface area contributed by atoms with Crippen LogP contribution in [0.25, 0.3) is 11.3 Å². The summed E-state index contributed by atoms with van der Waals surface area (Å²) in [6.45, 7) is 7.42. The molecule has 2 aliphatic rings. The third-order valence-corrected chi connectivity index (χ3v) is 5.51. The molecule has 2 aliphatic heterocycles. The van der Waals surface area contributed by atoms with Crippen LogP contribution in [0.2, 0.25) is 0 Å². The number of hydrogen-bond acceptors (Lipinski definition) is 3. The summed E-state index contributed by atoms with van der Waals surface area (Å²) < 4.78 is 29.2. The van der Waals surface area contributed by atoms with Crippen molar-refractivity contribution in [3.05, 3.63) is 41.9 Å². The Kier molecular flexibility index (Phi) is 4.12. The number of nitrogens with zero attached hydrogens (tertiary/aromatic N) is 2. The number of fused-ring (bicyclic) bond motifs is 1. The standard InChI is InChI=1S/C19H24F2N4/c1-19(2)11-22-8-17(19)23-13-4-6-18-24-16(10-25(18)9-13)14-5-3-12(20)7-15(14)21/h3,5,7,10,13,17,22-23H,4,6,8-9,11H2,1-2H3. The van der Waals surface area contributed by atoms with Crippen LogP contribution in [-0.4, -0.2) is 34.7 Å². The first-order valence-corrected chi connectivity index (χ1v) is 8.90. The first-order chi connectivity index (χ1) is 11.9. The zero-order chi connectivity index (χ0) is 17.6. The average molecular weight is 346 g/mol. The second-order valence-electron chi connectivity index (χ2n) is 7.89. The van der Waals surface area contributed by atoms with E-state index in [4.69, 9.17) is 0 Å². The van der Waals surface area contributed by atoms with Crippen LogP contribution in [0.3, 0.4) is 0 Å². The van der Waals surface area contributed by atoms with E-state index in [1.807, 2.05) is 6.20 Å². The number of benzene rings is 1. The Labute approximate surface area is 146 Å². The van der Waals surface area contributed by atoms with Crippen molar-refractivity contribution in [2.75, 3.05) is 13.1 Å². The lowest BCUT2D eigenvalue weighted by molar-refractivity contribution is 0.256. The Bertz CT molecular complexity index is 784. The fourth-order valence-electron chi connectivity index (χ4n) is 3.91. The van der Waals surface area contributed by atoms with E-state index in [1.165, 1.54) is 12.1 Å². The van der Waals surface area contributed by atoms with Gasteiger partial charge in [-0.2, -0.15) is 0 Å². The van der Waals surface area contributed by atoms with Crippen molar-refractivity contribution in [2.24, 2.45) is 5.41 Å². The molecule has 0 aliphatic carbocycles. The lowest BCUT2D eigenvalue weighted by atomic mass is 9.87. The molecule has 134 valence electrons. The van der Waals surface area contributed by atoms with Crippen molar-refractivity contribution in [1.82, 2.24) is 20.2 Å². The quantitative estimate of drug-likeness (QED) is 0.898. The van der Waals surface area contributed by atoms with Gasteiger partial charge in [0.05, 0.1) is 5.69 Å². The number of aromatic nitrogens is 2. The molecule has 4 nitrogen and oxygen atoms in total. The van der Waals surface area contributed by atoms with Crippen molar-refractivity contribution in [3.63, 3.8) is 0 Å². The molecule has 4 rings (SSSR count). The molecule has 1 aromatic heterocycles. The minimum absolute atomic E-state index is 0.248. The summed E-state index contributed by atoms with van der Waals surface area (Å²) in [5.74, 6) is -0.160. The lowest BCUT2D eigenvalue weighted by Crippen LogP contribution is -2.49. The van der Waals surface area contributed by atoms with Crippen molar-refractivity contribution in [3.8, 4) is 11.3 Å². The Morgan fingerprint density at radius 1 is 1.32 bits per heavy atom. The maximum atomic E-state index is 14.0. The molecule has 2 unspecified atom stereocenters. The molecule has 1 saturated heterocycles.